The lowest BCUT2D eigenvalue weighted by Gasteiger charge is -2.41. The maximum atomic E-state index is 14.4. The molecule has 0 bridgehead atoms. The van der Waals surface area contributed by atoms with Crippen LogP contribution in [0.1, 0.15) is 6.42 Å². The lowest BCUT2D eigenvalue weighted by atomic mass is 9.82. The van der Waals surface area contributed by atoms with Gasteiger partial charge < -0.3 is 24.0 Å². The molecule has 0 aliphatic carbocycles. The highest BCUT2D eigenvalue weighted by molar-refractivity contribution is 5.20. The maximum Gasteiger partial charge on any atom is 0.534 e. The predicted octanol–water partition coefficient (Wildman–Crippen LogP) is 2.62. The maximum absolute atomic E-state index is 14.4. The number of allylic oxidation sites excluding steroid dienone is 1. The smallest absolute Gasteiger partial charge is 0.534 e. The summed E-state index contributed by atoms with van der Waals surface area (Å²) in [6.45, 7) is 2.04. The zero-order chi connectivity index (χ0) is 23.1. The Labute approximate surface area is 177 Å². The second-order valence-electron chi connectivity index (χ2n) is 5.80. The summed E-state index contributed by atoms with van der Waals surface area (Å²) in [5, 5.41) is 0. The summed E-state index contributed by atoms with van der Waals surface area (Å²) in [5.74, 6) is -20.6. The molecule has 2 unspecified atom stereocenters. The van der Waals surface area contributed by atoms with Crippen molar-refractivity contribution in [2.75, 3.05) is 0 Å². The molecule has 1 aromatic rings. The van der Waals surface area contributed by atoms with Gasteiger partial charge in [-0.15, -0.1) is 13.3 Å². The largest absolute Gasteiger partial charge is 1.00 e. The molecular formula is C15H11F13IN. The summed E-state index contributed by atoms with van der Waals surface area (Å²) < 4.78 is 175. The molecule has 174 valence electrons. The number of hydrogen-bond donors (Lipinski definition) is 0. The zero-order valence-electron chi connectivity index (χ0n) is 14.2. The van der Waals surface area contributed by atoms with Gasteiger partial charge in [0, 0.05) is 12.1 Å². The van der Waals surface area contributed by atoms with Crippen molar-refractivity contribution in [3.63, 3.8) is 0 Å². The lowest BCUT2D eigenvalue weighted by Crippen LogP contribution is -3.00. The topological polar surface area (TPSA) is 3.88 Å². The van der Waals surface area contributed by atoms with Gasteiger partial charge in [0.15, 0.2) is 18.6 Å². The van der Waals surface area contributed by atoms with Gasteiger partial charge in [-0.1, -0.05) is 12.6 Å². The molecular weight excluding hydrogens is 568 g/mol. The van der Waals surface area contributed by atoms with E-state index in [0.29, 0.717) is 12.1 Å². The van der Waals surface area contributed by atoms with E-state index in [2.05, 4.69) is 0 Å². The van der Waals surface area contributed by atoms with E-state index >= 15 is 0 Å². The van der Waals surface area contributed by atoms with Crippen LogP contribution >= 0.6 is 0 Å². The number of pyridine rings is 1. The number of aromatic nitrogens is 1. The Bertz CT molecular complexity index is 719. The van der Waals surface area contributed by atoms with Crippen LogP contribution in [0.5, 0.6) is 0 Å². The number of nitrogens with zero attached hydrogens (tertiary/aromatic N) is 1. The number of hydrogen-bond acceptors (Lipinski definition) is 0. The second-order valence-corrected chi connectivity index (χ2v) is 5.80. The summed E-state index contributed by atoms with van der Waals surface area (Å²) in [7, 11) is 0. The molecule has 0 saturated heterocycles. The summed E-state index contributed by atoms with van der Waals surface area (Å²) in [5.41, 5.74) is -6.33. The minimum absolute atomic E-state index is 0. The molecule has 0 aliphatic rings. The summed E-state index contributed by atoms with van der Waals surface area (Å²) in [6, 6.07) is -3.79. The first kappa shape index (κ1) is 28.7. The molecule has 0 aromatic carbocycles. The Kier molecular flexibility index (Phi) is 8.31. The van der Waals surface area contributed by atoms with Crippen LogP contribution in [-0.4, -0.2) is 35.8 Å². The Balaban J connectivity index is 0.00000841. The predicted molar refractivity (Wildman–Crippen MR) is 71.3 cm³/mol. The van der Waals surface area contributed by atoms with E-state index < -0.39 is 58.9 Å². The van der Waals surface area contributed by atoms with Gasteiger partial charge in [-0.2, -0.15) is 39.5 Å². The SMILES string of the molecule is C=CC(F)(C(F)(F)C(F)CC(F)(F)F)C(F)(F)C(F)(F)C(F)(F)[n+]1ccccc1.[I-]. The molecule has 0 fully saturated rings. The fourth-order valence-corrected chi connectivity index (χ4v) is 2.20. The Hall–Kier alpha value is -1.29. The standard InChI is InChI=1S/C15H11F13N.HI/c1-2-10(17,12(21,22)9(16)8-11(18,19)20)13(23,24)14(25,26)15(27,28)29-6-4-3-5-7-29;/h2-7,9H,1,8H2;1H/q+1;/p-1. The van der Waals surface area contributed by atoms with Crippen molar-refractivity contribution in [2.45, 2.75) is 48.3 Å². The first-order chi connectivity index (χ1) is 12.8. The third-order valence-corrected chi connectivity index (χ3v) is 3.84. The van der Waals surface area contributed by atoms with Crippen LogP contribution < -0.4 is 28.5 Å². The molecule has 1 aromatic heterocycles. The Morgan fingerprint density at radius 1 is 0.767 bits per heavy atom. The van der Waals surface area contributed by atoms with E-state index in [1.54, 1.807) is 0 Å². The number of rotatable bonds is 8. The monoisotopic (exact) mass is 579 g/mol. The van der Waals surface area contributed by atoms with Crippen LogP contribution in [0.25, 0.3) is 0 Å². The van der Waals surface area contributed by atoms with Gasteiger partial charge >= 0.3 is 30.0 Å². The van der Waals surface area contributed by atoms with Crippen molar-refractivity contribution in [3.8, 4) is 0 Å². The van der Waals surface area contributed by atoms with Crippen LogP contribution in [0.4, 0.5) is 57.1 Å². The van der Waals surface area contributed by atoms with E-state index in [-0.39, 0.29) is 36.4 Å². The van der Waals surface area contributed by atoms with Crippen LogP contribution in [0.15, 0.2) is 43.2 Å². The van der Waals surface area contributed by atoms with Crippen LogP contribution in [0, 0.1) is 0 Å². The Morgan fingerprint density at radius 3 is 1.57 bits per heavy atom. The van der Waals surface area contributed by atoms with E-state index in [1.165, 1.54) is 0 Å². The quantitative estimate of drug-likeness (QED) is 0.193. The van der Waals surface area contributed by atoms with Gasteiger partial charge in [0.05, 0.1) is 6.42 Å². The highest BCUT2D eigenvalue weighted by atomic mass is 127. The molecule has 0 saturated carbocycles. The van der Waals surface area contributed by atoms with E-state index in [4.69, 9.17) is 0 Å². The average molecular weight is 579 g/mol. The van der Waals surface area contributed by atoms with Gasteiger partial charge in [-0.25, -0.2) is 8.78 Å². The van der Waals surface area contributed by atoms with Gasteiger partial charge in [0.1, 0.15) is 0 Å². The molecule has 1 rings (SSSR count). The second kappa shape index (κ2) is 8.68. The molecule has 0 amide bonds. The molecule has 1 nitrogen and oxygen atoms in total. The van der Waals surface area contributed by atoms with Crippen molar-refractivity contribution >= 4 is 0 Å². The van der Waals surface area contributed by atoms with Crippen molar-refractivity contribution in [2.24, 2.45) is 0 Å². The van der Waals surface area contributed by atoms with Gasteiger partial charge in [-0.05, 0) is 6.08 Å². The summed E-state index contributed by atoms with van der Waals surface area (Å²) >= 11 is 0. The fourth-order valence-electron chi connectivity index (χ4n) is 2.20. The van der Waals surface area contributed by atoms with E-state index in [0.717, 1.165) is 6.07 Å². The van der Waals surface area contributed by atoms with Crippen molar-refractivity contribution in [3.05, 3.63) is 43.2 Å². The summed E-state index contributed by atoms with van der Waals surface area (Å²) in [6.07, 6.45) is -14.9. The van der Waals surface area contributed by atoms with Crippen LogP contribution in [0.2, 0.25) is 0 Å². The van der Waals surface area contributed by atoms with Gasteiger partial charge in [-0.3, -0.25) is 0 Å². The van der Waals surface area contributed by atoms with Gasteiger partial charge in [0.25, 0.3) is 5.67 Å². The molecule has 0 radical (unpaired) electrons. The molecule has 0 spiro atoms. The molecule has 2 atom stereocenters. The Morgan fingerprint density at radius 2 is 1.20 bits per heavy atom. The number of halogens is 14. The van der Waals surface area contributed by atoms with E-state index in [9.17, 15) is 57.1 Å². The minimum Gasteiger partial charge on any atom is -1.00 e. The average Bonchev–Trinajstić information content (AvgIpc) is 2.59. The van der Waals surface area contributed by atoms with Crippen LogP contribution in [0.3, 0.4) is 0 Å². The molecule has 0 aliphatic heterocycles. The molecule has 30 heavy (non-hydrogen) atoms. The first-order valence-corrected chi connectivity index (χ1v) is 7.31. The van der Waals surface area contributed by atoms with Crippen LogP contribution in [-0.2, 0) is 6.05 Å². The van der Waals surface area contributed by atoms with E-state index in [1.807, 2.05) is 6.58 Å². The third-order valence-electron chi connectivity index (χ3n) is 3.84. The summed E-state index contributed by atoms with van der Waals surface area (Å²) in [4.78, 5) is 0. The van der Waals surface area contributed by atoms with Crippen molar-refractivity contribution in [1.82, 2.24) is 0 Å². The zero-order valence-corrected chi connectivity index (χ0v) is 16.4. The lowest BCUT2D eigenvalue weighted by molar-refractivity contribution is -0.849. The highest BCUT2D eigenvalue weighted by Gasteiger charge is 2.88. The minimum atomic E-state index is -7.12. The first-order valence-electron chi connectivity index (χ1n) is 7.31. The highest BCUT2D eigenvalue weighted by Crippen LogP contribution is 2.58. The van der Waals surface area contributed by atoms with Gasteiger partial charge in [0.2, 0.25) is 0 Å². The van der Waals surface area contributed by atoms with Crippen molar-refractivity contribution < 1.29 is 85.6 Å². The fraction of sp³-hybridized carbons (Fsp3) is 0.533. The normalized spacial score (nSPS) is 17.0. The third kappa shape index (κ3) is 4.49. The van der Waals surface area contributed by atoms with Crippen molar-refractivity contribution in [1.29, 1.82) is 0 Å². The molecule has 1 heterocycles. The number of alkyl halides is 13. The molecule has 0 N–H and O–H groups in total. The molecule has 15 heteroatoms.